The highest BCUT2D eigenvalue weighted by Gasteiger charge is 2.44. The average Bonchev–Trinajstić information content (AvgIpc) is 4.23. The van der Waals surface area contributed by atoms with Crippen molar-refractivity contribution in [3.63, 3.8) is 0 Å². The quantitative estimate of drug-likeness (QED) is 0.0727. The Kier molecular flexibility index (Phi) is 17.6. The van der Waals surface area contributed by atoms with Crippen LogP contribution in [0.2, 0.25) is 0 Å². The van der Waals surface area contributed by atoms with Crippen molar-refractivity contribution in [1.82, 2.24) is 45.0 Å². The Balaban J connectivity index is 0.668. The number of β-amino-alcohol motifs (C(OH)–C–C–N with tert-alkyl or cyclic N) is 1. The molecule has 6 aromatic rings. The van der Waals surface area contributed by atoms with Crippen molar-refractivity contribution in [3.05, 3.63) is 108 Å². The van der Waals surface area contributed by atoms with E-state index in [9.17, 15) is 19.5 Å². The summed E-state index contributed by atoms with van der Waals surface area (Å²) in [4.78, 5) is 56.9. The van der Waals surface area contributed by atoms with Gasteiger partial charge in [-0.1, -0.05) is 57.2 Å². The highest BCUT2D eigenvalue weighted by atomic mass is 32.1. The lowest BCUT2D eigenvalue weighted by Crippen LogP contribution is -2.57. The van der Waals surface area contributed by atoms with Crippen molar-refractivity contribution in [2.45, 2.75) is 78.1 Å². The molecule has 4 aromatic heterocycles. The number of benzene rings is 2. The molecule has 18 nitrogen and oxygen atoms in total. The zero-order valence-electron chi connectivity index (χ0n) is 41.1. The van der Waals surface area contributed by atoms with Gasteiger partial charge in [0.1, 0.15) is 30.0 Å². The molecular formula is C52H66N10O8S. The van der Waals surface area contributed by atoms with Gasteiger partial charge >= 0.3 is 0 Å². The van der Waals surface area contributed by atoms with Crippen LogP contribution in [0.3, 0.4) is 0 Å². The topological polar surface area (TPSA) is 202 Å². The SMILES string of the molecule is Cc1ncsc1-c1ccc(CNC(=O)C2C[C@@H](O)CN2C(=O)[C@@H](NC(=O)CCOCCOCCOCCN2CCN(c3ccc(-c4cnc(CCc5ccco5)n5cnnc45)cc3)CC2)C(C)(C)C)cc1. The van der Waals surface area contributed by atoms with Crippen LogP contribution in [-0.4, -0.2) is 154 Å². The molecule has 3 atom stereocenters. The van der Waals surface area contributed by atoms with Gasteiger partial charge in [0, 0.05) is 88.9 Å². The number of anilines is 1. The molecule has 71 heavy (non-hydrogen) atoms. The van der Waals surface area contributed by atoms with E-state index in [2.05, 4.69) is 59.9 Å². The van der Waals surface area contributed by atoms with Crippen LogP contribution in [0.1, 0.15) is 56.5 Å². The maximum Gasteiger partial charge on any atom is 0.246 e. The molecule has 1 unspecified atom stereocenters. The van der Waals surface area contributed by atoms with Crippen LogP contribution in [0, 0.1) is 12.3 Å². The van der Waals surface area contributed by atoms with Crippen LogP contribution in [0.4, 0.5) is 5.69 Å². The minimum Gasteiger partial charge on any atom is -0.469 e. The Hall–Kier alpha value is -6.09. The zero-order chi connectivity index (χ0) is 49.7. The van der Waals surface area contributed by atoms with Gasteiger partial charge in [0.15, 0.2) is 5.65 Å². The van der Waals surface area contributed by atoms with Crippen molar-refractivity contribution >= 4 is 40.4 Å². The Morgan fingerprint density at radius 3 is 2.30 bits per heavy atom. The number of hydrogen-bond acceptors (Lipinski definition) is 15. The highest BCUT2D eigenvalue weighted by molar-refractivity contribution is 7.13. The number of carbonyl (C=O) groups excluding carboxylic acids is 3. The van der Waals surface area contributed by atoms with E-state index in [4.69, 9.17) is 23.6 Å². The summed E-state index contributed by atoms with van der Waals surface area (Å²) in [6.07, 6.45) is 6.08. The minimum atomic E-state index is -0.915. The predicted octanol–water partition coefficient (Wildman–Crippen LogP) is 4.97. The summed E-state index contributed by atoms with van der Waals surface area (Å²) in [6, 6.07) is 18.6. The Labute approximate surface area is 418 Å². The number of amides is 3. The molecule has 0 saturated carbocycles. The van der Waals surface area contributed by atoms with Crippen LogP contribution in [0.5, 0.6) is 0 Å². The van der Waals surface area contributed by atoms with Crippen molar-refractivity contribution in [1.29, 1.82) is 0 Å². The summed E-state index contributed by atoms with van der Waals surface area (Å²) in [5, 5.41) is 25.0. The lowest BCUT2D eigenvalue weighted by atomic mass is 9.85. The average molecular weight is 991 g/mol. The van der Waals surface area contributed by atoms with Crippen molar-refractivity contribution in [3.8, 4) is 21.6 Å². The second-order valence-corrected chi connectivity index (χ2v) is 20.0. The van der Waals surface area contributed by atoms with Crippen molar-refractivity contribution in [2.75, 3.05) is 83.8 Å². The molecule has 19 heteroatoms. The molecular weight excluding hydrogens is 925 g/mol. The fourth-order valence-electron chi connectivity index (χ4n) is 8.94. The van der Waals surface area contributed by atoms with E-state index >= 15 is 0 Å². The van der Waals surface area contributed by atoms with E-state index in [1.807, 2.05) is 80.2 Å². The second kappa shape index (κ2) is 24.4. The summed E-state index contributed by atoms with van der Waals surface area (Å²) >= 11 is 1.58. The van der Waals surface area contributed by atoms with Gasteiger partial charge in [-0.3, -0.25) is 23.7 Å². The maximum absolute atomic E-state index is 14.0. The Morgan fingerprint density at radius 1 is 0.887 bits per heavy atom. The van der Waals surface area contributed by atoms with Crippen molar-refractivity contribution < 1.29 is 38.1 Å². The first-order valence-corrected chi connectivity index (χ1v) is 25.3. The number of piperazine rings is 1. The van der Waals surface area contributed by atoms with Gasteiger partial charge in [-0.2, -0.15) is 0 Å². The lowest BCUT2D eigenvalue weighted by molar-refractivity contribution is -0.144. The molecule has 6 heterocycles. The van der Waals surface area contributed by atoms with E-state index in [0.717, 1.165) is 95.6 Å². The number of aliphatic hydroxyl groups is 1. The number of rotatable bonds is 23. The molecule has 0 aliphatic carbocycles. The molecule has 378 valence electrons. The standard InChI is InChI=1S/C52H66N10O8S/c1-36-47(71-35-55-36)39-9-7-37(8-10-39)31-54-50(65)44-30-41(63)33-61(44)51(66)48(52(2,3)4)57-46(64)17-24-67-26-28-69-29-27-68-25-22-59-18-20-60(21-19-59)40-13-11-38(12-14-40)43-32-53-45(62-34-56-58-49(43)62)16-15-42-6-5-23-70-42/h5-14,23,32,34-35,41,44,48,63H,15-22,24-31,33H2,1-4H3,(H,54,65)(H,57,64)/t41-,44?,48-/m1/s1. The number of thiazole rings is 1. The number of aromatic nitrogens is 5. The predicted molar refractivity (Wildman–Crippen MR) is 270 cm³/mol. The van der Waals surface area contributed by atoms with Crippen LogP contribution in [0.15, 0.2) is 89.4 Å². The summed E-state index contributed by atoms with van der Waals surface area (Å²) in [5.41, 5.74) is 8.05. The molecule has 0 bridgehead atoms. The van der Waals surface area contributed by atoms with Gasteiger partial charge in [-0.05, 0) is 53.3 Å². The molecule has 2 saturated heterocycles. The summed E-state index contributed by atoms with van der Waals surface area (Å²) in [5.74, 6) is 0.707. The van der Waals surface area contributed by atoms with E-state index in [-0.39, 0.29) is 44.4 Å². The molecule has 0 spiro atoms. The van der Waals surface area contributed by atoms with Gasteiger partial charge in [-0.25, -0.2) is 9.97 Å². The third-order valence-corrected chi connectivity index (χ3v) is 14.0. The van der Waals surface area contributed by atoms with Crippen LogP contribution >= 0.6 is 11.3 Å². The van der Waals surface area contributed by atoms with E-state index in [0.29, 0.717) is 33.0 Å². The Bertz CT molecular complexity index is 2640. The number of nitrogens with one attached hydrogen (secondary N) is 2. The number of aryl methyl sites for hydroxylation is 3. The van der Waals surface area contributed by atoms with Gasteiger partial charge in [-0.15, -0.1) is 21.5 Å². The number of nitrogens with zero attached hydrogens (tertiary/aromatic N) is 8. The van der Waals surface area contributed by atoms with E-state index < -0.39 is 29.5 Å². The number of ether oxygens (including phenoxy) is 3. The van der Waals surface area contributed by atoms with Crippen molar-refractivity contribution in [2.24, 2.45) is 5.41 Å². The zero-order valence-corrected chi connectivity index (χ0v) is 41.9. The number of likely N-dealkylation sites (tertiary alicyclic amines) is 1. The molecule has 3 amide bonds. The van der Waals surface area contributed by atoms with Crippen LogP contribution in [0.25, 0.3) is 27.2 Å². The smallest absolute Gasteiger partial charge is 0.246 e. The third kappa shape index (κ3) is 13.7. The second-order valence-electron chi connectivity index (χ2n) is 19.1. The van der Waals surface area contributed by atoms with E-state index in [1.165, 1.54) is 10.6 Å². The number of hydrogen-bond donors (Lipinski definition) is 3. The number of aliphatic hydroxyl groups excluding tert-OH is 1. The van der Waals surface area contributed by atoms with Crippen LogP contribution < -0.4 is 15.5 Å². The molecule has 8 rings (SSSR count). The van der Waals surface area contributed by atoms with Gasteiger partial charge < -0.3 is 44.2 Å². The summed E-state index contributed by atoms with van der Waals surface area (Å²) < 4.78 is 24.7. The molecule has 3 N–H and O–H groups in total. The Morgan fingerprint density at radius 2 is 1.61 bits per heavy atom. The largest absolute Gasteiger partial charge is 0.469 e. The number of carbonyl (C=O) groups is 3. The molecule has 2 fully saturated rings. The summed E-state index contributed by atoms with van der Waals surface area (Å²) in [7, 11) is 0. The summed E-state index contributed by atoms with van der Waals surface area (Å²) in [6.45, 7) is 14.8. The fraction of sp³-hybridized carbons (Fsp3) is 0.481. The molecule has 2 aliphatic rings. The normalized spacial score (nSPS) is 17.0. The monoisotopic (exact) mass is 990 g/mol. The number of fused-ring (bicyclic) bond motifs is 1. The van der Waals surface area contributed by atoms with Gasteiger partial charge in [0.25, 0.3) is 0 Å². The first kappa shape index (κ1) is 51.3. The van der Waals surface area contributed by atoms with E-state index in [1.54, 1.807) is 23.9 Å². The molecule has 2 aromatic carbocycles. The fourth-order valence-corrected chi connectivity index (χ4v) is 9.75. The lowest BCUT2D eigenvalue weighted by Gasteiger charge is -2.36. The van der Waals surface area contributed by atoms with Gasteiger partial charge in [0.05, 0.1) is 68.1 Å². The minimum absolute atomic E-state index is 0.00579. The first-order valence-electron chi connectivity index (χ1n) is 24.5. The number of furan rings is 1. The maximum atomic E-state index is 14.0. The third-order valence-electron chi connectivity index (χ3n) is 13.0. The highest BCUT2D eigenvalue weighted by Crippen LogP contribution is 2.30. The molecule has 0 radical (unpaired) electrons. The molecule has 2 aliphatic heterocycles. The first-order chi connectivity index (χ1) is 34.4. The van der Waals surface area contributed by atoms with Gasteiger partial charge in [0.2, 0.25) is 17.7 Å². The van der Waals surface area contributed by atoms with Crippen LogP contribution in [-0.2, 0) is 48.0 Å².